The fourth-order valence-electron chi connectivity index (χ4n) is 1.89. The number of hydrogen-bond donors (Lipinski definition) is 1. The Balaban J connectivity index is 2.38. The third kappa shape index (κ3) is 2.66. The summed E-state index contributed by atoms with van der Waals surface area (Å²) in [7, 11) is 0. The molecule has 2 aromatic rings. The van der Waals surface area contributed by atoms with Crippen molar-refractivity contribution in [1.29, 1.82) is 0 Å². The Labute approximate surface area is 107 Å². The highest BCUT2D eigenvalue weighted by atomic mass is 16.1. The zero-order chi connectivity index (χ0) is 13.0. The summed E-state index contributed by atoms with van der Waals surface area (Å²) < 4.78 is 0. The van der Waals surface area contributed by atoms with Crippen molar-refractivity contribution in [2.75, 3.05) is 0 Å². The average Bonchev–Trinajstić information content (AvgIpc) is 2.40. The first-order valence-corrected chi connectivity index (χ1v) is 5.79. The minimum absolute atomic E-state index is 0.429. The van der Waals surface area contributed by atoms with Crippen molar-refractivity contribution < 1.29 is 4.79 Å². The molecule has 0 aromatic heterocycles. The largest absolute Gasteiger partial charge is 0.366 e. The summed E-state index contributed by atoms with van der Waals surface area (Å²) in [5.41, 5.74) is 8.97. The van der Waals surface area contributed by atoms with Crippen molar-refractivity contribution in [2.24, 2.45) is 5.73 Å². The minimum atomic E-state index is -0.446. The summed E-state index contributed by atoms with van der Waals surface area (Å²) in [6.07, 6.45) is 0.487. The molecule has 0 radical (unpaired) electrons. The van der Waals surface area contributed by atoms with Crippen LogP contribution in [0.1, 0.15) is 5.56 Å². The Morgan fingerprint density at radius 2 is 1.61 bits per heavy atom. The SMILES string of the molecule is C=C(Cc1ccccc1-c1ccccc1)C(N)=O. The van der Waals surface area contributed by atoms with Gasteiger partial charge in [0.15, 0.2) is 0 Å². The summed E-state index contributed by atoms with van der Waals surface area (Å²) in [6.45, 7) is 3.71. The van der Waals surface area contributed by atoms with Crippen LogP contribution in [-0.2, 0) is 11.2 Å². The first kappa shape index (κ1) is 12.1. The van der Waals surface area contributed by atoms with E-state index in [-0.39, 0.29) is 0 Å². The van der Waals surface area contributed by atoms with Crippen molar-refractivity contribution in [3.05, 3.63) is 72.3 Å². The van der Waals surface area contributed by atoms with Gasteiger partial charge in [-0.05, 0) is 16.7 Å². The highest BCUT2D eigenvalue weighted by molar-refractivity contribution is 5.92. The van der Waals surface area contributed by atoms with Gasteiger partial charge in [0.25, 0.3) is 0 Å². The van der Waals surface area contributed by atoms with Crippen LogP contribution >= 0.6 is 0 Å². The smallest absolute Gasteiger partial charge is 0.244 e. The van der Waals surface area contributed by atoms with Gasteiger partial charge in [0.2, 0.25) is 5.91 Å². The molecule has 0 aliphatic carbocycles. The number of benzene rings is 2. The van der Waals surface area contributed by atoms with E-state index in [1.807, 2.05) is 54.6 Å². The molecule has 0 bridgehead atoms. The monoisotopic (exact) mass is 237 g/mol. The molecule has 0 aliphatic heterocycles. The lowest BCUT2D eigenvalue weighted by atomic mass is 9.95. The normalized spacial score (nSPS) is 10.0. The molecule has 0 spiro atoms. The van der Waals surface area contributed by atoms with Crippen LogP contribution in [0.15, 0.2) is 66.7 Å². The topological polar surface area (TPSA) is 43.1 Å². The molecule has 90 valence electrons. The number of carbonyl (C=O) groups is 1. The zero-order valence-electron chi connectivity index (χ0n) is 10.1. The van der Waals surface area contributed by atoms with Gasteiger partial charge < -0.3 is 5.73 Å². The highest BCUT2D eigenvalue weighted by Gasteiger charge is 2.08. The molecule has 0 fully saturated rings. The fourth-order valence-corrected chi connectivity index (χ4v) is 1.89. The number of amides is 1. The Morgan fingerprint density at radius 3 is 2.28 bits per heavy atom. The molecule has 2 nitrogen and oxygen atoms in total. The van der Waals surface area contributed by atoms with Gasteiger partial charge in [0.1, 0.15) is 0 Å². The number of rotatable bonds is 4. The standard InChI is InChI=1S/C16H15NO/c1-12(16(17)18)11-14-9-5-6-10-15(14)13-7-3-2-4-8-13/h2-10H,1,11H2,(H2,17,18). The summed E-state index contributed by atoms with van der Waals surface area (Å²) in [5.74, 6) is -0.446. The summed E-state index contributed by atoms with van der Waals surface area (Å²) >= 11 is 0. The summed E-state index contributed by atoms with van der Waals surface area (Å²) in [5, 5.41) is 0. The van der Waals surface area contributed by atoms with Gasteiger partial charge in [-0.25, -0.2) is 0 Å². The zero-order valence-corrected chi connectivity index (χ0v) is 10.1. The van der Waals surface area contributed by atoms with Crippen LogP contribution in [0.5, 0.6) is 0 Å². The quantitative estimate of drug-likeness (QED) is 0.816. The lowest BCUT2D eigenvalue weighted by Crippen LogP contribution is -2.14. The highest BCUT2D eigenvalue weighted by Crippen LogP contribution is 2.24. The van der Waals surface area contributed by atoms with Crippen molar-refractivity contribution >= 4 is 5.91 Å². The van der Waals surface area contributed by atoms with Gasteiger partial charge in [-0.1, -0.05) is 61.2 Å². The van der Waals surface area contributed by atoms with E-state index in [1.165, 1.54) is 0 Å². The fraction of sp³-hybridized carbons (Fsp3) is 0.0625. The van der Waals surface area contributed by atoms with E-state index in [4.69, 9.17) is 5.73 Å². The molecule has 2 rings (SSSR count). The van der Waals surface area contributed by atoms with Crippen LogP contribution in [0.3, 0.4) is 0 Å². The van der Waals surface area contributed by atoms with Crippen molar-refractivity contribution in [2.45, 2.75) is 6.42 Å². The maximum atomic E-state index is 11.1. The first-order valence-electron chi connectivity index (χ1n) is 5.79. The van der Waals surface area contributed by atoms with Crippen LogP contribution in [-0.4, -0.2) is 5.91 Å². The Hall–Kier alpha value is -2.35. The van der Waals surface area contributed by atoms with E-state index >= 15 is 0 Å². The second-order valence-corrected chi connectivity index (χ2v) is 4.17. The predicted octanol–water partition coefficient (Wildman–Crippen LogP) is 2.94. The van der Waals surface area contributed by atoms with Crippen LogP contribution in [0.25, 0.3) is 11.1 Å². The molecule has 0 atom stereocenters. The lowest BCUT2D eigenvalue weighted by molar-refractivity contribution is -0.114. The molecule has 0 saturated carbocycles. The van der Waals surface area contributed by atoms with E-state index < -0.39 is 5.91 Å². The third-order valence-electron chi connectivity index (χ3n) is 2.85. The molecule has 2 N–H and O–H groups in total. The predicted molar refractivity (Wildman–Crippen MR) is 73.9 cm³/mol. The molecule has 1 amide bonds. The van der Waals surface area contributed by atoms with Gasteiger partial charge in [0.05, 0.1) is 0 Å². The van der Waals surface area contributed by atoms with Crippen molar-refractivity contribution in [3.63, 3.8) is 0 Å². The van der Waals surface area contributed by atoms with Crippen LogP contribution in [0, 0.1) is 0 Å². The Kier molecular flexibility index (Phi) is 3.58. The van der Waals surface area contributed by atoms with E-state index in [1.54, 1.807) is 0 Å². The van der Waals surface area contributed by atoms with Gasteiger partial charge in [-0.3, -0.25) is 4.79 Å². The molecule has 0 saturated heterocycles. The summed E-state index contributed by atoms with van der Waals surface area (Å²) in [4.78, 5) is 11.1. The lowest BCUT2D eigenvalue weighted by Gasteiger charge is -2.09. The van der Waals surface area contributed by atoms with Crippen molar-refractivity contribution in [1.82, 2.24) is 0 Å². The molecule has 0 heterocycles. The van der Waals surface area contributed by atoms with Crippen LogP contribution < -0.4 is 5.73 Å². The van der Waals surface area contributed by atoms with Crippen LogP contribution in [0.4, 0.5) is 0 Å². The van der Waals surface area contributed by atoms with E-state index in [0.717, 1.165) is 16.7 Å². The van der Waals surface area contributed by atoms with Crippen molar-refractivity contribution in [3.8, 4) is 11.1 Å². The number of primary amides is 1. The van der Waals surface area contributed by atoms with Gasteiger partial charge in [0, 0.05) is 12.0 Å². The molecule has 0 aliphatic rings. The van der Waals surface area contributed by atoms with Crippen LogP contribution in [0.2, 0.25) is 0 Å². The molecule has 0 unspecified atom stereocenters. The van der Waals surface area contributed by atoms with Gasteiger partial charge in [-0.15, -0.1) is 0 Å². The maximum absolute atomic E-state index is 11.1. The maximum Gasteiger partial charge on any atom is 0.244 e. The number of nitrogens with two attached hydrogens (primary N) is 1. The van der Waals surface area contributed by atoms with E-state index in [9.17, 15) is 4.79 Å². The number of carbonyl (C=O) groups excluding carboxylic acids is 1. The van der Waals surface area contributed by atoms with E-state index in [0.29, 0.717) is 12.0 Å². The molecule has 18 heavy (non-hydrogen) atoms. The molecule has 2 aromatic carbocycles. The molecular formula is C16H15NO. The van der Waals surface area contributed by atoms with Gasteiger partial charge in [-0.2, -0.15) is 0 Å². The molecule has 2 heteroatoms. The molecular weight excluding hydrogens is 222 g/mol. The summed E-state index contributed by atoms with van der Waals surface area (Å²) in [6, 6.07) is 18.0. The minimum Gasteiger partial charge on any atom is -0.366 e. The first-order chi connectivity index (χ1) is 8.68. The Bertz CT molecular complexity index is 573. The third-order valence-corrected chi connectivity index (χ3v) is 2.85. The van der Waals surface area contributed by atoms with Gasteiger partial charge >= 0.3 is 0 Å². The van der Waals surface area contributed by atoms with E-state index in [2.05, 4.69) is 6.58 Å². The average molecular weight is 237 g/mol. The Morgan fingerprint density at radius 1 is 1.00 bits per heavy atom. The second kappa shape index (κ2) is 5.32. The number of hydrogen-bond acceptors (Lipinski definition) is 1. The second-order valence-electron chi connectivity index (χ2n) is 4.17.